The lowest BCUT2D eigenvalue weighted by Crippen LogP contribution is -2.44. The predicted molar refractivity (Wildman–Crippen MR) is 88.6 cm³/mol. The zero-order valence-corrected chi connectivity index (χ0v) is 14.0. The molecule has 23 heavy (non-hydrogen) atoms. The number of methoxy groups -OCH3 is 1. The lowest BCUT2D eigenvalue weighted by Gasteiger charge is -2.18. The van der Waals surface area contributed by atoms with Gasteiger partial charge in [-0.05, 0) is 31.9 Å². The van der Waals surface area contributed by atoms with E-state index in [4.69, 9.17) is 4.74 Å². The number of rotatable bonds is 7. The van der Waals surface area contributed by atoms with Crippen LogP contribution in [0.3, 0.4) is 0 Å². The molecule has 1 aliphatic rings. The number of nitrogens with zero attached hydrogens (tertiary/aromatic N) is 1. The third-order valence-electron chi connectivity index (χ3n) is 4.16. The number of amides is 3. The van der Waals surface area contributed by atoms with Crippen molar-refractivity contribution in [2.75, 3.05) is 26.7 Å². The quantitative estimate of drug-likeness (QED) is 0.804. The number of nitrogens with one attached hydrogen (secondary N) is 2. The molecule has 1 aromatic rings. The average Bonchev–Trinajstić information content (AvgIpc) is 3.32. The van der Waals surface area contributed by atoms with Gasteiger partial charge in [0.1, 0.15) is 5.75 Å². The minimum atomic E-state index is -0.298. The van der Waals surface area contributed by atoms with E-state index in [9.17, 15) is 9.59 Å². The Balaban J connectivity index is 1.79. The Morgan fingerprint density at radius 1 is 1.26 bits per heavy atom. The molecule has 1 aliphatic carbocycles. The van der Waals surface area contributed by atoms with Crippen molar-refractivity contribution < 1.29 is 14.3 Å². The smallest absolute Gasteiger partial charge is 0.315 e. The summed E-state index contributed by atoms with van der Waals surface area (Å²) in [5.74, 6) is 1.05. The highest BCUT2D eigenvalue weighted by Gasteiger charge is 2.41. The van der Waals surface area contributed by atoms with E-state index in [1.54, 1.807) is 12.0 Å². The molecule has 2 N–H and O–H groups in total. The number of carbonyl (C=O) groups excluding carboxylic acids is 2. The fourth-order valence-electron chi connectivity index (χ4n) is 2.73. The molecular weight excluding hydrogens is 294 g/mol. The maximum atomic E-state index is 11.9. The first-order valence-electron chi connectivity index (χ1n) is 8.05. The van der Waals surface area contributed by atoms with Crippen LogP contribution in [0, 0.1) is 0 Å². The van der Waals surface area contributed by atoms with Gasteiger partial charge in [-0.3, -0.25) is 4.79 Å². The maximum Gasteiger partial charge on any atom is 0.315 e. The average molecular weight is 319 g/mol. The summed E-state index contributed by atoms with van der Waals surface area (Å²) in [6.45, 7) is 5.17. The molecule has 3 amide bonds. The predicted octanol–water partition coefficient (Wildman–Crippen LogP) is 1.72. The number of ether oxygens (including phenoxy) is 1. The van der Waals surface area contributed by atoms with Gasteiger partial charge in [0.2, 0.25) is 5.91 Å². The maximum absolute atomic E-state index is 11.9. The standard InChI is InChI=1S/C17H25N3O3/c1-4-20(5-2)16(21)11-18-17(22)19-14-10-13(14)12-8-6-7-9-15(12)23-3/h6-9,13-14H,4-5,10-11H2,1-3H3,(H2,18,19,22)/t13-,14-/m1/s1. The topological polar surface area (TPSA) is 70.7 Å². The van der Waals surface area contributed by atoms with Gasteiger partial charge in [-0.15, -0.1) is 0 Å². The Morgan fingerprint density at radius 2 is 1.96 bits per heavy atom. The lowest BCUT2D eigenvalue weighted by atomic mass is 10.1. The molecule has 2 atom stereocenters. The molecule has 0 saturated heterocycles. The summed E-state index contributed by atoms with van der Waals surface area (Å²) in [6, 6.07) is 7.64. The molecule has 126 valence electrons. The molecule has 0 spiro atoms. The van der Waals surface area contributed by atoms with Crippen LogP contribution in [0.1, 0.15) is 31.7 Å². The number of urea groups is 1. The first-order chi connectivity index (χ1) is 11.1. The van der Waals surface area contributed by atoms with E-state index in [0.29, 0.717) is 13.1 Å². The van der Waals surface area contributed by atoms with Crippen LogP contribution in [0.2, 0.25) is 0 Å². The highest BCUT2D eigenvalue weighted by atomic mass is 16.5. The Hall–Kier alpha value is -2.24. The second-order valence-electron chi connectivity index (χ2n) is 5.58. The lowest BCUT2D eigenvalue weighted by molar-refractivity contribution is -0.129. The minimum absolute atomic E-state index is 0.0273. The first kappa shape index (κ1) is 17.1. The van der Waals surface area contributed by atoms with Crippen LogP contribution in [0.4, 0.5) is 4.79 Å². The normalized spacial score (nSPS) is 18.9. The number of hydrogen-bond donors (Lipinski definition) is 2. The van der Waals surface area contributed by atoms with Crippen LogP contribution in [0.25, 0.3) is 0 Å². The van der Waals surface area contributed by atoms with Gasteiger partial charge in [0.05, 0.1) is 13.7 Å². The minimum Gasteiger partial charge on any atom is -0.496 e. The number of carbonyl (C=O) groups is 2. The highest BCUT2D eigenvalue weighted by molar-refractivity contribution is 5.84. The Labute approximate surface area is 137 Å². The zero-order valence-electron chi connectivity index (χ0n) is 14.0. The second-order valence-corrected chi connectivity index (χ2v) is 5.58. The number of hydrogen-bond acceptors (Lipinski definition) is 3. The van der Waals surface area contributed by atoms with Gasteiger partial charge in [0.15, 0.2) is 0 Å². The molecule has 0 aromatic heterocycles. The molecule has 6 heteroatoms. The van der Waals surface area contributed by atoms with E-state index in [-0.39, 0.29) is 30.4 Å². The first-order valence-corrected chi connectivity index (χ1v) is 8.05. The summed E-state index contributed by atoms with van der Waals surface area (Å²) in [5.41, 5.74) is 1.11. The SMILES string of the molecule is CCN(CC)C(=O)CNC(=O)N[C@@H]1C[C@@H]1c1ccccc1OC. The summed E-state index contributed by atoms with van der Waals surface area (Å²) in [6.07, 6.45) is 0.887. The summed E-state index contributed by atoms with van der Waals surface area (Å²) in [4.78, 5) is 25.4. The van der Waals surface area contributed by atoms with Crippen molar-refractivity contribution in [3.8, 4) is 5.75 Å². The van der Waals surface area contributed by atoms with Gasteiger partial charge in [-0.2, -0.15) is 0 Å². The van der Waals surface area contributed by atoms with Crippen molar-refractivity contribution in [2.24, 2.45) is 0 Å². The van der Waals surface area contributed by atoms with Crippen LogP contribution in [-0.2, 0) is 4.79 Å². The Kier molecular flexibility index (Phi) is 5.84. The van der Waals surface area contributed by atoms with Crippen molar-refractivity contribution >= 4 is 11.9 Å². The molecule has 1 aromatic carbocycles. The molecule has 2 rings (SSSR count). The van der Waals surface area contributed by atoms with Crippen molar-refractivity contribution in [3.63, 3.8) is 0 Å². The van der Waals surface area contributed by atoms with E-state index in [0.717, 1.165) is 17.7 Å². The highest BCUT2D eigenvalue weighted by Crippen LogP contribution is 2.44. The van der Waals surface area contributed by atoms with Crippen LogP contribution < -0.4 is 15.4 Å². The Morgan fingerprint density at radius 3 is 2.61 bits per heavy atom. The molecule has 1 fully saturated rings. The molecule has 0 radical (unpaired) electrons. The second kappa shape index (κ2) is 7.85. The third kappa shape index (κ3) is 4.37. The van der Waals surface area contributed by atoms with E-state index in [1.807, 2.05) is 38.1 Å². The van der Waals surface area contributed by atoms with Crippen LogP contribution in [-0.4, -0.2) is 49.6 Å². The molecular formula is C17H25N3O3. The molecule has 1 saturated carbocycles. The van der Waals surface area contributed by atoms with Gasteiger partial charge in [-0.1, -0.05) is 18.2 Å². The van der Waals surface area contributed by atoms with Gasteiger partial charge in [0, 0.05) is 25.0 Å². The van der Waals surface area contributed by atoms with Crippen molar-refractivity contribution in [2.45, 2.75) is 32.2 Å². The van der Waals surface area contributed by atoms with E-state index < -0.39 is 0 Å². The molecule has 6 nitrogen and oxygen atoms in total. The van der Waals surface area contributed by atoms with Gasteiger partial charge in [0.25, 0.3) is 0 Å². The molecule has 0 bridgehead atoms. The van der Waals surface area contributed by atoms with E-state index in [2.05, 4.69) is 10.6 Å². The van der Waals surface area contributed by atoms with Gasteiger partial charge >= 0.3 is 6.03 Å². The van der Waals surface area contributed by atoms with Gasteiger partial charge < -0.3 is 20.3 Å². The molecule has 0 unspecified atom stereocenters. The fraction of sp³-hybridized carbons (Fsp3) is 0.529. The summed E-state index contributed by atoms with van der Waals surface area (Å²) in [5, 5.41) is 5.54. The van der Waals surface area contributed by atoms with Gasteiger partial charge in [-0.25, -0.2) is 4.79 Å². The van der Waals surface area contributed by atoms with Crippen LogP contribution in [0.15, 0.2) is 24.3 Å². The monoisotopic (exact) mass is 319 g/mol. The molecule has 0 aliphatic heterocycles. The number of para-hydroxylation sites is 1. The zero-order chi connectivity index (χ0) is 16.8. The summed E-state index contributed by atoms with van der Waals surface area (Å²) >= 11 is 0. The van der Waals surface area contributed by atoms with Crippen LogP contribution >= 0.6 is 0 Å². The summed E-state index contributed by atoms with van der Waals surface area (Å²) in [7, 11) is 1.65. The third-order valence-corrected chi connectivity index (χ3v) is 4.16. The molecule has 0 heterocycles. The number of likely N-dealkylation sites (N-methyl/N-ethyl adjacent to an activating group) is 1. The van der Waals surface area contributed by atoms with Crippen molar-refractivity contribution in [3.05, 3.63) is 29.8 Å². The van der Waals surface area contributed by atoms with Crippen LogP contribution in [0.5, 0.6) is 5.75 Å². The van der Waals surface area contributed by atoms with E-state index >= 15 is 0 Å². The van der Waals surface area contributed by atoms with Crippen molar-refractivity contribution in [1.82, 2.24) is 15.5 Å². The Bertz CT molecular complexity index is 558. The largest absolute Gasteiger partial charge is 0.496 e. The fourth-order valence-corrected chi connectivity index (χ4v) is 2.73. The van der Waals surface area contributed by atoms with E-state index in [1.165, 1.54) is 0 Å². The van der Waals surface area contributed by atoms with Crippen molar-refractivity contribution in [1.29, 1.82) is 0 Å². The summed E-state index contributed by atoms with van der Waals surface area (Å²) < 4.78 is 5.35. The number of benzene rings is 1.